The molecule has 1 aliphatic heterocycles. The average Bonchev–Trinajstić information content (AvgIpc) is 2.39. The summed E-state index contributed by atoms with van der Waals surface area (Å²) in [5.74, 6) is 0.718. The van der Waals surface area contributed by atoms with Gasteiger partial charge in [0.15, 0.2) is 0 Å². The van der Waals surface area contributed by atoms with Crippen LogP contribution in [0.4, 0.5) is 0 Å². The van der Waals surface area contributed by atoms with Gasteiger partial charge in [-0.2, -0.15) is 0 Å². The fourth-order valence-electron chi connectivity index (χ4n) is 1.99. The molecule has 0 saturated carbocycles. The van der Waals surface area contributed by atoms with Crippen LogP contribution in [0.2, 0.25) is 0 Å². The van der Waals surface area contributed by atoms with Gasteiger partial charge < -0.3 is 0 Å². The molecule has 0 fully saturated rings. The van der Waals surface area contributed by atoms with Gasteiger partial charge in [-0.1, -0.05) is 0 Å². The van der Waals surface area contributed by atoms with Crippen molar-refractivity contribution < 1.29 is 0 Å². The van der Waals surface area contributed by atoms with Crippen LogP contribution in [-0.4, -0.2) is 26.1 Å². The van der Waals surface area contributed by atoms with Crippen molar-refractivity contribution in [3.8, 4) is 0 Å². The Bertz CT molecular complexity index is 309. The Morgan fingerprint density at radius 1 is 1.31 bits per heavy atom. The van der Waals surface area contributed by atoms with Gasteiger partial charge in [-0.25, -0.2) is 0 Å². The predicted octanol–water partition coefficient (Wildman–Crippen LogP) is 1.57. The van der Waals surface area contributed by atoms with Gasteiger partial charge in [0.25, 0.3) is 0 Å². The number of hydrogen-bond donors (Lipinski definition) is 0. The van der Waals surface area contributed by atoms with Crippen LogP contribution >= 0.6 is 0 Å². The zero-order valence-electron chi connectivity index (χ0n) is 8.32. The molecule has 0 N–H and O–H groups in total. The van der Waals surface area contributed by atoms with Crippen LogP contribution < -0.4 is 4.46 Å². The molecule has 0 aromatic heterocycles. The number of benzene rings is 1. The van der Waals surface area contributed by atoms with Crippen LogP contribution in [0.1, 0.15) is 25.5 Å². The zero-order valence-corrected chi connectivity index (χ0v) is 10.0. The summed E-state index contributed by atoms with van der Waals surface area (Å²) >= 11 is 0.547. The predicted molar refractivity (Wildman–Crippen MR) is 57.2 cm³/mol. The van der Waals surface area contributed by atoms with E-state index in [0.717, 1.165) is 5.92 Å². The summed E-state index contributed by atoms with van der Waals surface area (Å²) in [5.41, 5.74) is 1.56. The molecule has 2 heteroatoms. The van der Waals surface area contributed by atoms with Crippen LogP contribution in [0.15, 0.2) is 24.3 Å². The second-order valence-electron chi connectivity index (χ2n) is 3.86. The molecule has 13 heavy (non-hydrogen) atoms. The van der Waals surface area contributed by atoms with E-state index in [1.54, 1.807) is 10.0 Å². The second kappa shape index (κ2) is 3.45. The van der Waals surface area contributed by atoms with Crippen LogP contribution in [0.3, 0.4) is 0 Å². The standard InChI is InChI=1S/C11H15NSe/c1-8(2)11-9-6-4-5-7-10(9)13-12(11)3/h4-8,11H,1-3H3. The van der Waals surface area contributed by atoms with Crippen LogP contribution in [-0.2, 0) is 0 Å². The van der Waals surface area contributed by atoms with E-state index in [9.17, 15) is 0 Å². The molecule has 0 aliphatic carbocycles. The third-order valence-electron chi connectivity index (χ3n) is 2.50. The maximum atomic E-state index is 2.50. The SMILES string of the molecule is CC(C)C1c2ccccc2[Se]N1C. The van der Waals surface area contributed by atoms with E-state index in [2.05, 4.69) is 49.1 Å². The zero-order chi connectivity index (χ0) is 9.42. The molecule has 0 amide bonds. The normalized spacial score (nSPS) is 22.3. The molecule has 1 aromatic rings. The van der Waals surface area contributed by atoms with Gasteiger partial charge >= 0.3 is 86.2 Å². The maximum absolute atomic E-state index is 2.50. The molecule has 0 radical (unpaired) electrons. The third kappa shape index (κ3) is 1.54. The van der Waals surface area contributed by atoms with Crippen molar-refractivity contribution >= 4 is 19.6 Å². The summed E-state index contributed by atoms with van der Waals surface area (Å²) in [6.07, 6.45) is 0. The molecule has 1 atom stereocenters. The monoisotopic (exact) mass is 241 g/mol. The quantitative estimate of drug-likeness (QED) is 0.673. The molecule has 1 heterocycles. The summed E-state index contributed by atoms with van der Waals surface area (Å²) in [5, 5.41) is 0. The first-order valence-electron chi connectivity index (χ1n) is 4.70. The third-order valence-corrected chi connectivity index (χ3v) is 4.78. The Morgan fingerprint density at radius 3 is 2.69 bits per heavy atom. The van der Waals surface area contributed by atoms with E-state index in [4.69, 9.17) is 0 Å². The molecular formula is C11H15NSe. The van der Waals surface area contributed by atoms with Gasteiger partial charge in [-0.3, -0.25) is 0 Å². The molecule has 70 valence electrons. The summed E-state index contributed by atoms with van der Waals surface area (Å²) < 4.78 is 4.07. The van der Waals surface area contributed by atoms with Gasteiger partial charge in [0.2, 0.25) is 0 Å². The molecule has 0 bridgehead atoms. The van der Waals surface area contributed by atoms with Gasteiger partial charge in [0, 0.05) is 0 Å². The molecule has 1 unspecified atom stereocenters. The number of fused-ring (bicyclic) bond motifs is 1. The van der Waals surface area contributed by atoms with Crippen LogP contribution in [0.5, 0.6) is 0 Å². The number of nitrogens with zero attached hydrogens (tertiary/aromatic N) is 1. The van der Waals surface area contributed by atoms with Crippen molar-refractivity contribution in [1.82, 2.24) is 3.92 Å². The van der Waals surface area contributed by atoms with E-state index < -0.39 is 0 Å². The molecule has 1 nitrogen and oxygen atoms in total. The first-order chi connectivity index (χ1) is 6.20. The Balaban J connectivity index is 2.40. The van der Waals surface area contributed by atoms with Crippen molar-refractivity contribution in [3.63, 3.8) is 0 Å². The topological polar surface area (TPSA) is 3.24 Å². The second-order valence-corrected chi connectivity index (χ2v) is 6.38. The van der Waals surface area contributed by atoms with Gasteiger partial charge in [0.05, 0.1) is 0 Å². The van der Waals surface area contributed by atoms with Crippen LogP contribution in [0, 0.1) is 5.92 Å². The molecule has 0 spiro atoms. The van der Waals surface area contributed by atoms with Crippen LogP contribution in [0.25, 0.3) is 0 Å². The van der Waals surface area contributed by atoms with Gasteiger partial charge in [-0.05, 0) is 0 Å². The summed E-state index contributed by atoms with van der Waals surface area (Å²) in [6, 6.07) is 9.51. The van der Waals surface area contributed by atoms with E-state index in [1.165, 1.54) is 0 Å². The van der Waals surface area contributed by atoms with E-state index >= 15 is 0 Å². The number of hydrogen-bond acceptors (Lipinski definition) is 1. The summed E-state index contributed by atoms with van der Waals surface area (Å²) in [7, 11) is 2.24. The van der Waals surface area contributed by atoms with E-state index in [-0.39, 0.29) is 0 Å². The fraction of sp³-hybridized carbons (Fsp3) is 0.455. The summed E-state index contributed by atoms with van der Waals surface area (Å²) in [6.45, 7) is 4.61. The van der Waals surface area contributed by atoms with Crippen molar-refractivity contribution in [1.29, 1.82) is 0 Å². The first-order valence-corrected chi connectivity index (χ1v) is 6.32. The Morgan fingerprint density at radius 2 is 2.00 bits per heavy atom. The first kappa shape index (κ1) is 9.26. The van der Waals surface area contributed by atoms with Crippen molar-refractivity contribution in [2.75, 3.05) is 7.05 Å². The molecule has 2 rings (SSSR count). The minimum atomic E-state index is 0.547. The average molecular weight is 240 g/mol. The Kier molecular flexibility index (Phi) is 2.46. The molecular weight excluding hydrogens is 225 g/mol. The molecule has 1 aliphatic rings. The molecule has 0 saturated heterocycles. The summed E-state index contributed by atoms with van der Waals surface area (Å²) in [4.78, 5) is 0. The van der Waals surface area contributed by atoms with Crippen molar-refractivity contribution in [2.24, 2.45) is 5.92 Å². The van der Waals surface area contributed by atoms with E-state index in [1.807, 2.05) is 0 Å². The molecule has 1 aromatic carbocycles. The minimum absolute atomic E-state index is 0.547. The van der Waals surface area contributed by atoms with Crippen molar-refractivity contribution in [3.05, 3.63) is 29.8 Å². The Hall–Kier alpha value is -0.301. The van der Waals surface area contributed by atoms with Gasteiger partial charge in [0.1, 0.15) is 0 Å². The van der Waals surface area contributed by atoms with Crippen molar-refractivity contribution in [2.45, 2.75) is 19.9 Å². The fourth-order valence-corrected chi connectivity index (χ4v) is 4.54. The number of rotatable bonds is 1. The van der Waals surface area contributed by atoms with Gasteiger partial charge in [-0.15, -0.1) is 0 Å². The Labute approximate surface area is 86.5 Å². The van der Waals surface area contributed by atoms with E-state index in [0.29, 0.717) is 21.2 Å².